The standard InChI is InChI=1S/C12H15F3N2O3/c1-2-19-10(18)9-7-20-11(16-9)17-5-3-4-8(6-17)12(13,14)15/h7-8H,2-6H2,1H3. The molecular formula is C12H15F3N2O3. The molecule has 1 fully saturated rings. The molecule has 0 aliphatic carbocycles. The number of esters is 1. The summed E-state index contributed by atoms with van der Waals surface area (Å²) in [6, 6.07) is 0.0296. The highest BCUT2D eigenvalue weighted by Gasteiger charge is 2.42. The van der Waals surface area contributed by atoms with E-state index in [2.05, 4.69) is 4.98 Å². The summed E-state index contributed by atoms with van der Waals surface area (Å²) in [5.74, 6) is -2.04. The van der Waals surface area contributed by atoms with Crippen molar-refractivity contribution in [3.05, 3.63) is 12.0 Å². The van der Waals surface area contributed by atoms with Crippen molar-refractivity contribution >= 4 is 12.0 Å². The van der Waals surface area contributed by atoms with Crippen molar-refractivity contribution in [1.29, 1.82) is 0 Å². The molecule has 0 amide bonds. The van der Waals surface area contributed by atoms with Gasteiger partial charge in [0.05, 0.1) is 12.5 Å². The molecule has 0 aromatic carbocycles. The van der Waals surface area contributed by atoms with Crippen molar-refractivity contribution in [2.45, 2.75) is 25.9 Å². The highest BCUT2D eigenvalue weighted by atomic mass is 19.4. The maximum absolute atomic E-state index is 12.7. The van der Waals surface area contributed by atoms with Gasteiger partial charge in [-0.15, -0.1) is 0 Å². The van der Waals surface area contributed by atoms with E-state index in [0.717, 1.165) is 6.26 Å². The van der Waals surface area contributed by atoms with Crippen LogP contribution in [0.15, 0.2) is 10.7 Å². The highest BCUT2D eigenvalue weighted by Crippen LogP contribution is 2.34. The number of ether oxygens (including phenoxy) is 1. The Labute approximate surface area is 113 Å². The van der Waals surface area contributed by atoms with E-state index in [4.69, 9.17) is 9.15 Å². The smallest absolute Gasteiger partial charge is 0.393 e. The second-order valence-electron chi connectivity index (χ2n) is 4.56. The van der Waals surface area contributed by atoms with Gasteiger partial charge in [0.15, 0.2) is 5.69 Å². The third kappa shape index (κ3) is 3.23. The molecule has 1 atom stereocenters. The number of aromatic nitrogens is 1. The van der Waals surface area contributed by atoms with Crippen LogP contribution in [-0.2, 0) is 4.74 Å². The number of oxazole rings is 1. The summed E-state index contributed by atoms with van der Waals surface area (Å²) in [7, 11) is 0. The van der Waals surface area contributed by atoms with Crippen molar-refractivity contribution in [2.75, 3.05) is 24.6 Å². The lowest BCUT2D eigenvalue weighted by Gasteiger charge is -2.32. The van der Waals surface area contributed by atoms with Crippen molar-refractivity contribution in [3.63, 3.8) is 0 Å². The van der Waals surface area contributed by atoms with Crippen LogP contribution in [0.3, 0.4) is 0 Å². The van der Waals surface area contributed by atoms with Crippen molar-refractivity contribution in [1.82, 2.24) is 4.98 Å². The lowest BCUT2D eigenvalue weighted by atomic mass is 9.98. The van der Waals surface area contributed by atoms with E-state index in [1.165, 1.54) is 4.90 Å². The topological polar surface area (TPSA) is 55.6 Å². The lowest BCUT2D eigenvalue weighted by Crippen LogP contribution is -2.41. The fraction of sp³-hybridized carbons (Fsp3) is 0.667. The quantitative estimate of drug-likeness (QED) is 0.802. The number of nitrogens with zero attached hydrogens (tertiary/aromatic N) is 2. The zero-order valence-corrected chi connectivity index (χ0v) is 10.9. The molecule has 20 heavy (non-hydrogen) atoms. The summed E-state index contributed by atoms with van der Waals surface area (Å²) in [5.41, 5.74) is -0.0315. The largest absolute Gasteiger partial charge is 0.461 e. The van der Waals surface area contributed by atoms with Crippen LogP contribution in [0.5, 0.6) is 0 Å². The molecule has 1 aliphatic heterocycles. The zero-order valence-electron chi connectivity index (χ0n) is 10.9. The second kappa shape index (κ2) is 5.72. The van der Waals surface area contributed by atoms with Gasteiger partial charge in [0, 0.05) is 13.1 Å². The Morgan fingerprint density at radius 2 is 2.35 bits per heavy atom. The van der Waals surface area contributed by atoms with Gasteiger partial charge >= 0.3 is 12.1 Å². The summed E-state index contributed by atoms with van der Waals surface area (Å²) < 4.78 is 48.0. The number of piperidine rings is 1. The molecule has 0 N–H and O–H groups in total. The Bertz CT molecular complexity index is 473. The van der Waals surface area contributed by atoms with Gasteiger partial charge in [-0.1, -0.05) is 0 Å². The van der Waals surface area contributed by atoms with E-state index in [-0.39, 0.29) is 31.3 Å². The first-order valence-electron chi connectivity index (χ1n) is 6.36. The minimum absolute atomic E-state index is 0.0296. The van der Waals surface area contributed by atoms with E-state index in [0.29, 0.717) is 13.0 Å². The minimum Gasteiger partial charge on any atom is -0.461 e. The van der Waals surface area contributed by atoms with Gasteiger partial charge < -0.3 is 14.1 Å². The van der Waals surface area contributed by atoms with Crippen LogP contribution in [0.4, 0.5) is 19.2 Å². The highest BCUT2D eigenvalue weighted by molar-refractivity contribution is 5.87. The van der Waals surface area contributed by atoms with Crippen LogP contribution in [0.25, 0.3) is 0 Å². The fourth-order valence-corrected chi connectivity index (χ4v) is 2.13. The molecule has 0 saturated carbocycles. The van der Waals surface area contributed by atoms with Crippen LogP contribution >= 0.6 is 0 Å². The van der Waals surface area contributed by atoms with Gasteiger partial charge in [-0.25, -0.2) is 4.79 Å². The number of rotatable bonds is 3. The monoisotopic (exact) mass is 292 g/mol. The van der Waals surface area contributed by atoms with Crippen molar-refractivity contribution in [3.8, 4) is 0 Å². The molecule has 0 radical (unpaired) electrons. The van der Waals surface area contributed by atoms with E-state index in [9.17, 15) is 18.0 Å². The molecular weight excluding hydrogens is 277 g/mol. The Kier molecular flexibility index (Phi) is 4.20. The van der Waals surface area contributed by atoms with Gasteiger partial charge in [-0.3, -0.25) is 0 Å². The van der Waals surface area contributed by atoms with Crippen molar-refractivity contribution in [2.24, 2.45) is 5.92 Å². The molecule has 2 heterocycles. The molecule has 1 aromatic rings. The first-order chi connectivity index (χ1) is 9.41. The molecule has 5 nitrogen and oxygen atoms in total. The molecule has 0 spiro atoms. The maximum Gasteiger partial charge on any atom is 0.393 e. The number of anilines is 1. The predicted octanol–water partition coefficient (Wildman–Crippen LogP) is 2.63. The molecule has 1 aromatic heterocycles. The van der Waals surface area contributed by atoms with Gasteiger partial charge in [-0.2, -0.15) is 18.2 Å². The van der Waals surface area contributed by atoms with E-state index in [1.54, 1.807) is 6.92 Å². The summed E-state index contributed by atoms with van der Waals surface area (Å²) in [5, 5.41) is 0. The Morgan fingerprint density at radius 1 is 1.60 bits per heavy atom. The van der Waals surface area contributed by atoms with E-state index in [1.807, 2.05) is 0 Å². The second-order valence-corrected chi connectivity index (χ2v) is 4.56. The van der Waals surface area contributed by atoms with E-state index >= 15 is 0 Å². The zero-order chi connectivity index (χ0) is 14.8. The van der Waals surface area contributed by atoms with Gasteiger partial charge in [0.25, 0.3) is 6.01 Å². The first-order valence-corrected chi connectivity index (χ1v) is 6.36. The molecule has 112 valence electrons. The number of hydrogen-bond acceptors (Lipinski definition) is 5. The number of carbonyl (C=O) groups excluding carboxylic acids is 1. The van der Waals surface area contributed by atoms with Gasteiger partial charge in [-0.05, 0) is 19.8 Å². The van der Waals surface area contributed by atoms with Crippen LogP contribution in [-0.4, -0.2) is 36.8 Å². The third-order valence-electron chi connectivity index (χ3n) is 3.13. The average Bonchev–Trinajstić information content (AvgIpc) is 2.88. The predicted molar refractivity (Wildman–Crippen MR) is 63.5 cm³/mol. The van der Waals surface area contributed by atoms with Crippen LogP contribution in [0, 0.1) is 5.92 Å². The molecule has 1 unspecified atom stereocenters. The summed E-state index contributed by atoms with van der Waals surface area (Å²) in [4.78, 5) is 16.7. The average molecular weight is 292 g/mol. The maximum atomic E-state index is 12.7. The Balaban J connectivity index is 2.06. The third-order valence-corrected chi connectivity index (χ3v) is 3.13. The molecule has 0 bridgehead atoms. The Morgan fingerprint density at radius 3 is 3.00 bits per heavy atom. The normalized spacial score (nSPS) is 20.0. The Hall–Kier alpha value is -1.73. The molecule has 2 rings (SSSR count). The fourth-order valence-electron chi connectivity index (χ4n) is 2.13. The number of hydrogen-bond donors (Lipinski definition) is 0. The lowest BCUT2D eigenvalue weighted by molar-refractivity contribution is -0.176. The first kappa shape index (κ1) is 14.7. The van der Waals surface area contributed by atoms with Gasteiger partial charge in [0.2, 0.25) is 0 Å². The number of carbonyl (C=O) groups is 1. The van der Waals surface area contributed by atoms with Gasteiger partial charge in [0.1, 0.15) is 6.26 Å². The van der Waals surface area contributed by atoms with E-state index < -0.39 is 18.1 Å². The van der Waals surface area contributed by atoms with Crippen molar-refractivity contribution < 1.29 is 27.1 Å². The SMILES string of the molecule is CCOC(=O)c1coc(N2CCCC(C(F)(F)F)C2)n1. The minimum atomic E-state index is -4.23. The van der Waals surface area contributed by atoms with Crippen LogP contribution in [0.2, 0.25) is 0 Å². The summed E-state index contributed by atoms with van der Waals surface area (Å²) >= 11 is 0. The molecule has 1 aliphatic rings. The number of alkyl halides is 3. The number of halogens is 3. The van der Waals surface area contributed by atoms with Crippen LogP contribution in [0.1, 0.15) is 30.3 Å². The summed E-state index contributed by atoms with van der Waals surface area (Å²) in [6.45, 7) is 2.07. The molecule has 1 saturated heterocycles. The summed E-state index contributed by atoms with van der Waals surface area (Å²) in [6.07, 6.45) is -2.62. The molecule has 8 heteroatoms. The van der Waals surface area contributed by atoms with Crippen LogP contribution < -0.4 is 4.90 Å².